The number of aromatic nitrogens is 1. The fourth-order valence-electron chi connectivity index (χ4n) is 2.08. The van der Waals surface area contributed by atoms with Crippen LogP contribution in [0.15, 0.2) is 53.7 Å². The SMILES string of the molecule is CC(C)[C@H](N)C(=O)NCC(=O)Nc1ccc(SCc2cccnc2)cc1. The van der Waals surface area contributed by atoms with E-state index in [1.807, 2.05) is 56.4 Å². The monoisotopic (exact) mass is 372 g/mol. The maximum Gasteiger partial charge on any atom is 0.243 e. The highest BCUT2D eigenvalue weighted by Crippen LogP contribution is 2.23. The molecule has 0 saturated heterocycles. The predicted molar refractivity (Wildman–Crippen MR) is 105 cm³/mol. The van der Waals surface area contributed by atoms with E-state index in [0.29, 0.717) is 5.69 Å². The summed E-state index contributed by atoms with van der Waals surface area (Å²) in [4.78, 5) is 28.9. The molecule has 26 heavy (non-hydrogen) atoms. The largest absolute Gasteiger partial charge is 0.346 e. The average Bonchev–Trinajstić information content (AvgIpc) is 2.65. The number of nitrogens with zero attached hydrogens (tertiary/aromatic N) is 1. The van der Waals surface area contributed by atoms with Gasteiger partial charge in [0.1, 0.15) is 0 Å². The molecule has 1 aromatic heterocycles. The van der Waals surface area contributed by atoms with Gasteiger partial charge in [-0.2, -0.15) is 0 Å². The molecule has 0 aliphatic carbocycles. The minimum atomic E-state index is -0.612. The molecule has 2 rings (SSSR count). The van der Waals surface area contributed by atoms with Crippen LogP contribution in [0.25, 0.3) is 0 Å². The third-order valence-corrected chi connectivity index (χ3v) is 4.79. The van der Waals surface area contributed by atoms with E-state index in [1.54, 1.807) is 18.0 Å². The van der Waals surface area contributed by atoms with Crippen molar-refractivity contribution < 1.29 is 9.59 Å². The molecule has 1 heterocycles. The van der Waals surface area contributed by atoms with Crippen molar-refractivity contribution in [1.29, 1.82) is 0 Å². The molecule has 6 nitrogen and oxygen atoms in total. The summed E-state index contributed by atoms with van der Waals surface area (Å²) in [5.74, 6) is 0.249. The van der Waals surface area contributed by atoms with Crippen LogP contribution in [0.1, 0.15) is 19.4 Å². The summed E-state index contributed by atoms with van der Waals surface area (Å²) < 4.78 is 0. The highest BCUT2D eigenvalue weighted by molar-refractivity contribution is 7.98. The second-order valence-electron chi connectivity index (χ2n) is 6.21. The minimum Gasteiger partial charge on any atom is -0.346 e. The highest BCUT2D eigenvalue weighted by Gasteiger charge is 2.17. The Morgan fingerprint density at radius 3 is 2.54 bits per heavy atom. The predicted octanol–water partition coefficient (Wildman–Crippen LogP) is 2.41. The maximum atomic E-state index is 11.9. The quantitative estimate of drug-likeness (QED) is 0.618. The van der Waals surface area contributed by atoms with Gasteiger partial charge in [0.25, 0.3) is 0 Å². The first kappa shape index (κ1) is 19.9. The van der Waals surface area contributed by atoms with E-state index in [4.69, 9.17) is 5.73 Å². The van der Waals surface area contributed by atoms with Gasteiger partial charge in [0.2, 0.25) is 11.8 Å². The summed E-state index contributed by atoms with van der Waals surface area (Å²) in [5.41, 5.74) is 7.58. The Hall–Kier alpha value is -2.38. The lowest BCUT2D eigenvalue weighted by atomic mass is 10.1. The van der Waals surface area contributed by atoms with Crippen molar-refractivity contribution in [3.8, 4) is 0 Å². The summed E-state index contributed by atoms with van der Waals surface area (Å²) in [6.07, 6.45) is 3.60. The van der Waals surface area contributed by atoms with Crippen LogP contribution in [0.4, 0.5) is 5.69 Å². The minimum absolute atomic E-state index is 0.0229. The van der Waals surface area contributed by atoms with E-state index < -0.39 is 6.04 Å². The van der Waals surface area contributed by atoms with E-state index >= 15 is 0 Å². The first-order valence-corrected chi connectivity index (χ1v) is 9.39. The van der Waals surface area contributed by atoms with E-state index in [9.17, 15) is 9.59 Å². The molecule has 0 unspecified atom stereocenters. The number of carbonyl (C=O) groups is 2. The number of amides is 2. The summed E-state index contributed by atoms with van der Waals surface area (Å²) in [6, 6.07) is 10.9. The van der Waals surface area contributed by atoms with Gasteiger partial charge in [0.05, 0.1) is 12.6 Å². The Morgan fingerprint density at radius 1 is 1.19 bits per heavy atom. The number of thioether (sulfide) groups is 1. The van der Waals surface area contributed by atoms with Gasteiger partial charge in [0, 0.05) is 28.7 Å². The molecule has 0 aliphatic heterocycles. The molecule has 0 saturated carbocycles. The number of rotatable bonds is 8. The number of anilines is 1. The topological polar surface area (TPSA) is 97.1 Å². The molecule has 0 aliphatic rings. The van der Waals surface area contributed by atoms with E-state index in [-0.39, 0.29) is 24.3 Å². The molecule has 1 aromatic carbocycles. The number of nitrogens with two attached hydrogens (primary N) is 1. The number of pyridine rings is 1. The third kappa shape index (κ3) is 6.50. The first-order chi connectivity index (χ1) is 12.5. The summed E-state index contributed by atoms with van der Waals surface area (Å²) in [5, 5.41) is 5.30. The normalized spacial score (nSPS) is 11.8. The molecular weight excluding hydrogens is 348 g/mol. The second-order valence-corrected chi connectivity index (χ2v) is 7.26. The van der Waals surface area contributed by atoms with E-state index in [2.05, 4.69) is 15.6 Å². The van der Waals surface area contributed by atoms with Gasteiger partial charge in [-0.25, -0.2) is 0 Å². The van der Waals surface area contributed by atoms with Crippen LogP contribution in [0.5, 0.6) is 0 Å². The van der Waals surface area contributed by atoms with Crippen molar-refractivity contribution in [2.45, 2.75) is 30.5 Å². The Morgan fingerprint density at radius 2 is 1.92 bits per heavy atom. The van der Waals surface area contributed by atoms with Crippen LogP contribution in [-0.4, -0.2) is 29.4 Å². The number of carbonyl (C=O) groups excluding carboxylic acids is 2. The maximum absolute atomic E-state index is 11.9. The average molecular weight is 372 g/mol. The van der Waals surface area contributed by atoms with Crippen LogP contribution in [-0.2, 0) is 15.3 Å². The van der Waals surface area contributed by atoms with Crippen LogP contribution < -0.4 is 16.4 Å². The molecule has 1 atom stereocenters. The molecule has 0 bridgehead atoms. The molecular formula is C19H24N4O2S. The fourth-order valence-corrected chi connectivity index (χ4v) is 2.91. The van der Waals surface area contributed by atoms with Crippen molar-refractivity contribution in [1.82, 2.24) is 10.3 Å². The van der Waals surface area contributed by atoms with Gasteiger partial charge in [-0.15, -0.1) is 11.8 Å². The van der Waals surface area contributed by atoms with Gasteiger partial charge >= 0.3 is 0 Å². The fraction of sp³-hybridized carbons (Fsp3) is 0.316. The summed E-state index contributed by atoms with van der Waals surface area (Å²) in [6.45, 7) is 3.62. The number of nitrogens with one attached hydrogen (secondary N) is 2. The van der Waals surface area contributed by atoms with Crippen LogP contribution in [0, 0.1) is 5.92 Å². The van der Waals surface area contributed by atoms with Crippen LogP contribution >= 0.6 is 11.8 Å². The Labute approximate surface area is 158 Å². The highest BCUT2D eigenvalue weighted by atomic mass is 32.2. The number of hydrogen-bond donors (Lipinski definition) is 3. The molecule has 0 radical (unpaired) electrons. The van der Waals surface area contributed by atoms with Crippen molar-refractivity contribution in [3.63, 3.8) is 0 Å². The standard InChI is InChI=1S/C19H24N4O2S/c1-13(2)18(20)19(25)22-11-17(24)23-15-5-7-16(8-6-15)26-12-14-4-3-9-21-10-14/h3-10,13,18H,11-12,20H2,1-2H3,(H,22,25)(H,23,24)/t18-/m0/s1. The Bertz CT molecular complexity index is 720. The first-order valence-electron chi connectivity index (χ1n) is 8.40. The van der Waals surface area contributed by atoms with Gasteiger partial charge < -0.3 is 16.4 Å². The molecule has 2 amide bonds. The molecule has 0 fully saturated rings. The zero-order chi connectivity index (χ0) is 18.9. The van der Waals surface area contributed by atoms with E-state index in [0.717, 1.165) is 16.2 Å². The van der Waals surface area contributed by atoms with Gasteiger partial charge in [0.15, 0.2) is 0 Å². The molecule has 7 heteroatoms. The number of hydrogen-bond acceptors (Lipinski definition) is 5. The lowest BCUT2D eigenvalue weighted by Gasteiger charge is -2.15. The lowest BCUT2D eigenvalue weighted by Crippen LogP contribution is -2.46. The Balaban J connectivity index is 1.77. The summed E-state index contributed by atoms with van der Waals surface area (Å²) >= 11 is 1.70. The van der Waals surface area contributed by atoms with Gasteiger partial charge in [-0.1, -0.05) is 19.9 Å². The van der Waals surface area contributed by atoms with Crippen molar-refractivity contribution in [3.05, 3.63) is 54.4 Å². The summed E-state index contributed by atoms with van der Waals surface area (Å²) in [7, 11) is 0. The van der Waals surface area contributed by atoms with Crippen molar-refractivity contribution in [2.24, 2.45) is 11.7 Å². The molecule has 2 aromatic rings. The van der Waals surface area contributed by atoms with Crippen molar-refractivity contribution >= 4 is 29.3 Å². The lowest BCUT2D eigenvalue weighted by molar-refractivity contribution is -0.125. The number of benzene rings is 1. The molecule has 138 valence electrons. The Kier molecular flexibility index (Phi) is 7.62. The van der Waals surface area contributed by atoms with Crippen LogP contribution in [0.3, 0.4) is 0 Å². The third-order valence-electron chi connectivity index (χ3n) is 3.71. The zero-order valence-corrected chi connectivity index (χ0v) is 15.8. The van der Waals surface area contributed by atoms with Gasteiger partial charge in [-0.05, 0) is 41.8 Å². The smallest absolute Gasteiger partial charge is 0.243 e. The zero-order valence-electron chi connectivity index (χ0n) is 14.9. The molecule has 4 N–H and O–H groups in total. The second kappa shape index (κ2) is 9.94. The van der Waals surface area contributed by atoms with Gasteiger partial charge in [-0.3, -0.25) is 14.6 Å². The van der Waals surface area contributed by atoms with Crippen LogP contribution in [0.2, 0.25) is 0 Å². The molecule has 0 spiro atoms. The van der Waals surface area contributed by atoms with Crippen molar-refractivity contribution in [2.75, 3.05) is 11.9 Å². The van der Waals surface area contributed by atoms with E-state index in [1.165, 1.54) is 0 Å².